The number of aromatic nitrogens is 9. The van der Waals surface area contributed by atoms with E-state index in [1.54, 1.807) is 45.1 Å². The minimum atomic E-state index is -3.05. The summed E-state index contributed by atoms with van der Waals surface area (Å²) in [6.45, 7) is 9.88. The third kappa shape index (κ3) is 21.7. The SMILES string of the molecule is CCOC(=O)CN1CCC(c2ccc(Nc3ncc4c(=O)c(C(=O)NOC)cn(-c5ccc6c(c5)CCC6)c4n3)cc2)CC1.CCc1ccc(-n2cc(C(=O)NOC)c(=O)c3cnc(Nc4ccc(NCCS(C)(=O)=O)cc4)nc32)cc1.CCc1ccc(-n2cc(C(=O)NOC)c(=O)c3cnc(Nc4cccc(OCCCOC)c4)nc32)cc1. The Morgan fingerprint density at radius 1 is 0.513 bits per heavy atom. The molecule has 0 unspecified atom stereocenters. The summed E-state index contributed by atoms with van der Waals surface area (Å²) in [6, 6.07) is 44.6. The molecular formula is C86H93N17O15S. The van der Waals surface area contributed by atoms with Crippen molar-refractivity contribution in [3.8, 4) is 22.8 Å². The number of hydroxylamine groups is 3. The molecule has 32 nitrogen and oxygen atoms in total. The van der Waals surface area contributed by atoms with Crippen LogP contribution in [0.1, 0.15) is 111 Å². The van der Waals surface area contributed by atoms with Gasteiger partial charge in [-0.15, -0.1) is 0 Å². The average Bonchev–Trinajstić information content (AvgIpc) is 0.833. The second-order valence-electron chi connectivity index (χ2n) is 28.0. The molecule has 6 aromatic heterocycles. The molecule has 0 spiro atoms. The van der Waals surface area contributed by atoms with E-state index in [2.05, 4.69) is 106 Å². The summed E-state index contributed by atoms with van der Waals surface area (Å²) in [5.41, 5.74) is 17.4. The van der Waals surface area contributed by atoms with Crippen LogP contribution in [0.25, 0.3) is 50.2 Å². The lowest BCUT2D eigenvalue weighted by molar-refractivity contribution is -0.144. The smallest absolute Gasteiger partial charge is 0.320 e. The van der Waals surface area contributed by atoms with Crippen molar-refractivity contribution < 1.29 is 56.3 Å². The molecular weight excluding hydrogens is 1540 g/mol. The first-order chi connectivity index (χ1) is 57.6. The fourth-order valence-corrected chi connectivity index (χ4v) is 14.1. The molecule has 2 aliphatic rings. The van der Waals surface area contributed by atoms with E-state index in [1.165, 1.54) is 81.5 Å². The van der Waals surface area contributed by atoms with E-state index < -0.39 is 43.8 Å². The molecule has 0 bridgehead atoms. The van der Waals surface area contributed by atoms with E-state index in [4.69, 9.17) is 33.7 Å². The third-order valence-corrected chi connectivity index (χ3v) is 20.8. The average molecular weight is 1640 g/mol. The lowest BCUT2D eigenvalue weighted by Gasteiger charge is -2.31. The minimum absolute atomic E-state index is 0.0373. The number of rotatable bonds is 30. The zero-order valence-electron chi connectivity index (χ0n) is 67.1. The zero-order valence-corrected chi connectivity index (χ0v) is 68.0. The van der Waals surface area contributed by atoms with E-state index in [0.29, 0.717) is 78.8 Å². The van der Waals surface area contributed by atoms with Crippen molar-refractivity contribution in [1.82, 2.24) is 64.9 Å². The number of amides is 3. The minimum Gasteiger partial charge on any atom is -0.493 e. The van der Waals surface area contributed by atoms with E-state index in [-0.39, 0.29) is 56.5 Å². The number of methoxy groups -OCH3 is 1. The molecule has 0 saturated carbocycles. The van der Waals surface area contributed by atoms with E-state index in [1.807, 2.05) is 97.9 Å². The maximum absolute atomic E-state index is 13.3. The number of likely N-dealkylation sites (tertiary alicyclic amines) is 1. The Bertz CT molecular complexity index is 5950. The number of benzene rings is 6. The highest BCUT2D eigenvalue weighted by Crippen LogP contribution is 2.32. The fraction of sp³-hybridized carbons (Fsp3) is 0.291. The summed E-state index contributed by atoms with van der Waals surface area (Å²) in [5, 5.41) is 13.2. The number of anilines is 7. The van der Waals surface area contributed by atoms with Gasteiger partial charge >= 0.3 is 5.97 Å². The molecule has 1 aliphatic carbocycles. The highest BCUT2D eigenvalue weighted by Gasteiger charge is 2.26. The van der Waals surface area contributed by atoms with Gasteiger partial charge in [-0.3, -0.25) is 53.0 Å². The van der Waals surface area contributed by atoms with Gasteiger partial charge in [0, 0.05) is 116 Å². The van der Waals surface area contributed by atoms with Gasteiger partial charge in [-0.1, -0.05) is 62.4 Å². The van der Waals surface area contributed by atoms with Gasteiger partial charge in [-0.25, -0.2) is 39.8 Å². The normalized spacial score (nSPS) is 12.6. The van der Waals surface area contributed by atoms with Gasteiger partial charge < -0.3 is 49.2 Å². The molecule has 12 aromatic rings. The van der Waals surface area contributed by atoms with Crippen molar-refractivity contribution in [2.75, 3.05) is 108 Å². The van der Waals surface area contributed by atoms with E-state index in [0.717, 1.165) is 104 Å². The highest BCUT2D eigenvalue weighted by atomic mass is 32.2. The molecule has 0 atom stereocenters. The van der Waals surface area contributed by atoms with Crippen molar-refractivity contribution in [3.63, 3.8) is 0 Å². The van der Waals surface area contributed by atoms with Crippen LogP contribution in [-0.2, 0) is 64.3 Å². The summed E-state index contributed by atoms with van der Waals surface area (Å²) in [6.07, 6.45) is 17.5. The Kier molecular flexibility index (Phi) is 28.7. The van der Waals surface area contributed by atoms with Gasteiger partial charge in [0.1, 0.15) is 32.3 Å². The Morgan fingerprint density at radius 3 is 1.43 bits per heavy atom. The summed E-state index contributed by atoms with van der Waals surface area (Å²) in [4.78, 5) is 132. The molecule has 7 N–H and O–H groups in total. The predicted molar refractivity (Wildman–Crippen MR) is 454 cm³/mol. The number of pyridine rings is 3. The first-order valence-electron chi connectivity index (χ1n) is 38.8. The standard InChI is InChI=1S/C33H36N6O5.C27H29N5O5.C26H28N6O5S/c1-3-44-29(40)20-38-15-13-23(14-16-38)22-7-10-25(11-8-22)35-33-34-18-27-30(41)28(32(42)37-43-2)19-39(31(27)36-33)26-12-9-21-5-4-6-24(21)17-26;1-4-18-9-11-20(12-10-18)32-17-23(26(34)31-36-3)24(33)22-16-28-27(30-25(22)32)29-19-7-5-8-21(15-19)37-14-6-13-35-2;1-4-17-5-11-20(12-6-17)32-16-22(25(34)31-37-2)23(33)21-15-28-26(30-24(21)32)29-19-9-7-18(8-10-19)27-13-14-38(3,35)36/h7-12,17-19,23H,3-6,13-16,20H2,1-2H3,(H,37,42)(H,34,35,36);5,7-12,15-17H,4,6,13-14H2,1-3H3,(H,31,34)(H,28,29,30);5-12,15-16,27H,4,13-14H2,1-3H3,(H,31,34)(H,28,29,30). The number of esters is 1. The van der Waals surface area contributed by atoms with Crippen LogP contribution in [-0.4, -0.2) is 167 Å². The number of nitrogens with zero attached hydrogens (tertiary/aromatic N) is 10. The number of hydrogen-bond donors (Lipinski definition) is 7. The van der Waals surface area contributed by atoms with Crippen LogP contribution in [0, 0.1) is 0 Å². The van der Waals surface area contributed by atoms with Crippen molar-refractivity contribution in [2.45, 2.75) is 78.1 Å². The maximum Gasteiger partial charge on any atom is 0.320 e. The largest absolute Gasteiger partial charge is 0.493 e. The molecule has 0 radical (unpaired) electrons. The highest BCUT2D eigenvalue weighted by molar-refractivity contribution is 7.90. The quantitative estimate of drug-likeness (QED) is 0.0125. The number of nitrogens with one attached hydrogen (secondary N) is 7. The number of hydrogen-bond acceptors (Lipinski definition) is 26. The van der Waals surface area contributed by atoms with Crippen molar-refractivity contribution in [1.29, 1.82) is 0 Å². The Hall–Kier alpha value is -13.2. The molecule has 1 aliphatic heterocycles. The predicted octanol–water partition coefficient (Wildman–Crippen LogP) is 10.7. The van der Waals surface area contributed by atoms with Gasteiger partial charge in [0.25, 0.3) is 17.7 Å². The monoisotopic (exact) mass is 1640 g/mol. The van der Waals surface area contributed by atoms with Gasteiger partial charge in [-0.05, 0) is 184 Å². The number of fused-ring (bicyclic) bond motifs is 4. The molecule has 14 rings (SSSR count). The number of aryl methyl sites for hydroxylation is 4. The van der Waals surface area contributed by atoms with Gasteiger partial charge in [0.05, 0.1) is 63.0 Å². The van der Waals surface area contributed by atoms with Crippen LogP contribution >= 0.6 is 0 Å². The first kappa shape index (κ1) is 85.2. The maximum atomic E-state index is 13.3. The molecule has 6 aromatic carbocycles. The molecule has 618 valence electrons. The molecule has 7 heterocycles. The van der Waals surface area contributed by atoms with Crippen molar-refractivity contribution in [2.24, 2.45) is 0 Å². The van der Waals surface area contributed by atoms with E-state index in [9.17, 15) is 42.0 Å². The summed E-state index contributed by atoms with van der Waals surface area (Å²) in [7, 11) is 2.53. The van der Waals surface area contributed by atoms with Crippen LogP contribution in [0.2, 0.25) is 0 Å². The Morgan fingerprint density at radius 2 is 0.966 bits per heavy atom. The lowest BCUT2D eigenvalue weighted by Crippen LogP contribution is -2.37. The number of sulfone groups is 1. The Labute approximate surface area is 685 Å². The van der Waals surface area contributed by atoms with Crippen LogP contribution in [0.3, 0.4) is 0 Å². The fourth-order valence-electron chi connectivity index (χ4n) is 13.7. The molecule has 1 fully saturated rings. The number of ether oxygens (including phenoxy) is 3. The number of carbonyl (C=O) groups is 4. The topological polar surface area (TPSA) is 389 Å². The van der Waals surface area contributed by atoms with Crippen molar-refractivity contribution in [3.05, 3.63) is 252 Å². The molecule has 119 heavy (non-hydrogen) atoms. The molecule has 33 heteroatoms. The summed E-state index contributed by atoms with van der Waals surface area (Å²) < 4.78 is 43.6. The zero-order chi connectivity index (χ0) is 84.1. The van der Waals surface area contributed by atoms with Crippen LogP contribution in [0.5, 0.6) is 5.75 Å². The van der Waals surface area contributed by atoms with Gasteiger partial charge in [0.2, 0.25) is 34.1 Å². The summed E-state index contributed by atoms with van der Waals surface area (Å²) in [5.74, 6) is -0.104. The number of carbonyl (C=O) groups excluding carboxylic acids is 4. The summed E-state index contributed by atoms with van der Waals surface area (Å²) >= 11 is 0. The van der Waals surface area contributed by atoms with Crippen LogP contribution < -0.4 is 58.7 Å². The second-order valence-corrected chi connectivity index (χ2v) is 30.2. The first-order valence-corrected chi connectivity index (χ1v) is 40.8. The Balaban J connectivity index is 0.000000165. The van der Waals surface area contributed by atoms with Gasteiger partial charge in [0.15, 0.2) is 16.9 Å². The molecule has 1 saturated heterocycles. The second kappa shape index (κ2) is 40.1. The van der Waals surface area contributed by atoms with Gasteiger partial charge in [-0.2, -0.15) is 15.0 Å². The third-order valence-electron chi connectivity index (χ3n) is 19.8. The van der Waals surface area contributed by atoms with Crippen LogP contribution in [0.15, 0.2) is 191 Å². The lowest BCUT2D eigenvalue weighted by atomic mass is 9.89. The van der Waals surface area contributed by atoms with E-state index >= 15 is 0 Å². The number of piperidine rings is 1. The molecule has 3 amide bonds. The van der Waals surface area contributed by atoms with Crippen molar-refractivity contribution >= 4 is 107 Å². The van der Waals surface area contributed by atoms with Crippen LogP contribution in [0.4, 0.5) is 40.6 Å².